The summed E-state index contributed by atoms with van der Waals surface area (Å²) >= 11 is 0. The van der Waals surface area contributed by atoms with Crippen molar-refractivity contribution < 1.29 is 22.6 Å². The molecule has 2 N–H and O–H groups in total. The molecule has 152 valence electrons. The molecule has 2 heterocycles. The van der Waals surface area contributed by atoms with Crippen LogP contribution in [0.15, 0.2) is 29.3 Å². The van der Waals surface area contributed by atoms with Gasteiger partial charge in [0.1, 0.15) is 6.61 Å². The SMILES string of the molecule is CN=C(NCc1ccc(COCC(F)(F)F)cc1)NC1CC2CCC1O2.I. The third kappa shape index (κ3) is 6.79. The number of aliphatic imine (C=N–C) groups is 1. The predicted octanol–water partition coefficient (Wildman–Crippen LogP) is 3.37. The summed E-state index contributed by atoms with van der Waals surface area (Å²) < 4.78 is 46.7. The van der Waals surface area contributed by atoms with Crippen molar-refractivity contribution in [2.75, 3.05) is 13.7 Å². The second-order valence-corrected chi connectivity index (χ2v) is 6.71. The van der Waals surface area contributed by atoms with E-state index in [1.807, 2.05) is 12.1 Å². The lowest BCUT2D eigenvalue weighted by atomic mass is 9.96. The predicted molar refractivity (Wildman–Crippen MR) is 107 cm³/mol. The van der Waals surface area contributed by atoms with E-state index in [0.29, 0.717) is 24.3 Å². The number of hydrogen-bond donors (Lipinski definition) is 2. The molecule has 0 saturated carbocycles. The van der Waals surface area contributed by atoms with Gasteiger partial charge in [-0.2, -0.15) is 13.2 Å². The molecule has 2 aliphatic rings. The molecule has 0 amide bonds. The zero-order chi connectivity index (χ0) is 18.6. The number of nitrogens with one attached hydrogen (secondary N) is 2. The van der Waals surface area contributed by atoms with Crippen molar-refractivity contribution >= 4 is 29.9 Å². The van der Waals surface area contributed by atoms with E-state index in [2.05, 4.69) is 20.4 Å². The number of ether oxygens (including phenoxy) is 2. The van der Waals surface area contributed by atoms with E-state index in [1.165, 1.54) is 0 Å². The topological polar surface area (TPSA) is 54.9 Å². The molecule has 3 unspecified atom stereocenters. The van der Waals surface area contributed by atoms with Gasteiger partial charge in [-0.05, 0) is 30.4 Å². The Hall–Kier alpha value is -1.07. The minimum absolute atomic E-state index is 0. The second kappa shape index (κ2) is 9.92. The van der Waals surface area contributed by atoms with E-state index in [1.54, 1.807) is 19.2 Å². The highest BCUT2D eigenvalue weighted by Gasteiger charge is 2.41. The van der Waals surface area contributed by atoms with Gasteiger partial charge in [0.15, 0.2) is 5.96 Å². The van der Waals surface area contributed by atoms with Crippen LogP contribution >= 0.6 is 24.0 Å². The number of nitrogens with zero attached hydrogens (tertiary/aromatic N) is 1. The van der Waals surface area contributed by atoms with Crippen LogP contribution in [0.5, 0.6) is 0 Å². The minimum Gasteiger partial charge on any atom is -0.373 e. The van der Waals surface area contributed by atoms with Crippen LogP contribution in [0.2, 0.25) is 0 Å². The molecule has 0 radical (unpaired) electrons. The maximum atomic E-state index is 12.1. The normalized spacial score (nSPS) is 24.6. The minimum atomic E-state index is -4.30. The molecular formula is C18H25F3IN3O2. The Morgan fingerprint density at radius 3 is 2.48 bits per heavy atom. The van der Waals surface area contributed by atoms with Crippen LogP contribution in [0.25, 0.3) is 0 Å². The third-order valence-electron chi connectivity index (χ3n) is 4.67. The summed E-state index contributed by atoms with van der Waals surface area (Å²) in [7, 11) is 1.73. The van der Waals surface area contributed by atoms with Crippen LogP contribution in [-0.2, 0) is 22.6 Å². The number of guanidine groups is 1. The van der Waals surface area contributed by atoms with E-state index in [4.69, 9.17) is 4.74 Å². The number of hydrogen-bond acceptors (Lipinski definition) is 3. The molecular weight excluding hydrogens is 474 g/mol. The molecule has 1 aromatic carbocycles. The van der Waals surface area contributed by atoms with Crippen molar-refractivity contribution in [1.82, 2.24) is 10.6 Å². The summed E-state index contributed by atoms with van der Waals surface area (Å²) in [6.07, 6.45) is -0.392. The lowest BCUT2D eigenvalue weighted by molar-refractivity contribution is -0.176. The maximum absolute atomic E-state index is 12.1. The highest BCUT2D eigenvalue weighted by Crippen LogP contribution is 2.34. The fourth-order valence-corrected chi connectivity index (χ4v) is 3.38. The standard InChI is InChI=1S/C18H24F3N3O2.HI/c1-22-17(24-15-8-14-6-7-16(15)26-14)23-9-12-2-4-13(5-3-12)10-25-11-18(19,20)21;/h2-5,14-16H,6-11H2,1H3,(H2,22,23,24);1H. The highest BCUT2D eigenvalue weighted by atomic mass is 127. The molecule has 2 fully saturated rings. The first kappa shape index (κ1) is 22.2. The van der Waals surface area contributed by atoms with Crippen molar-refractivity contribution in [2.24, 2.45) is 4.99 Å². The van der Waals surface area contributed by atoms with Crippen molar-refractivity contribution in [3.63, 3.8) is 0 Å². The van der Waals surface area contributed by atoms with Gasteiger partial charge in [-0.25, -0.2) is 0 Å². The lowest BCUT2D eigenvalue weighted by Gasteiger charge is -2.22. The first-order valence-corrected chi connectivity index (χ1v) is 8.78. The van der Waals surface area contributed by atoms with Crippen molar-refractivity contribution in [3.05, 3.63) is 35.4 Å². The van der Waals surface area contributed by atoms with Gasteiger partial charge >= 0.3 is 6.18 Å². The molecule has 27 heavy (non-hydrogen) atoms. The molecule has 2 bridgehead atoms. The Balaban J connectivity index is 0.00000261. The van der Waals surface area contributed by atoms with E-state index < -0.39 is 12.8 Å². The first-order valence-electron chi connectivity index (χ1n) is 8.78. The van der Waals surface area contributed by atoms with Crippen LogP contribution < -0.4 is 10.6 Å². The Bertz CT molecular complexity index is 625. The zero-order valence-electron chi connectivity index (χ0n) is 15.1. The summed E-state index contributed by atoms with van der Waals surface area (Å²) in [4.78, 5) is 4.24. The number of rotatable bonds is 6. The fraction of sp³-hybridized carbons (Fsp3) is 0.611. The van der Waals surface area contributed by atoms with Gasteiger partial charge in [0.25, 0.3) is 0 Å². The number of alkyl halides is 3. The van der Waals surface area contributed by atoms with Gasteiger partial charge in [-0.1, -0.05) is 24.3 Å². The molecule has 0 aromatic heterocycles. The van der Waals surface area contributed by atoms with E-state index in [0.717, 1.165) is 30.8 Å². The number of halogens is 4. The Morgan fingerprint density at radius 1 is 1.22 bits per heavy atom. The summed E-state index contributed by atoms with van der Waals surface area (Å²) in [6, 6.07) is 7.58. The fourth-order valence-electron chi connectivity index (χ4n) is 3.38. The molecule has 0 spiro atoms. The quantitative estimate of drug-likeness (QED) is 0.358. The summed E-state index contributed by atoms with van der Waals surface area (Å²) in [6.45, 7) is -0.712. The van der Waals surface area contributed by atoms with Gasteiger partial charge in [-0.3, -0.25) is 4.99 Å². The largest absolute Gasteiger partial charge is 0.411 e. The lowest BCUT2D eigenvalue weighted by Crippen LogP contribution is -2.47. The molecule has 3 atom stereocenters. The van der Waals surface area contributed by atoms with Crippen LogP contribution in [-0.4, -0.2) is 44.0 Å². The first-order chi connectivity index (χ1) is 12.4. The van der Waals surface area contributed by atoms with E-state index in [9.17, 15) is 13.2 Å². The molecule has 5 nitrogen and oxygen atoms in total. The molecule has 2 aliphatic heterocycles. The van der Waals surface area contributed by atoms with Crippen molar-refractivity contribution in [1.29, 1.82) is 0 Å². The molecule has 3 rings (SSSR count). The third-order valence-corrected chi connectivity index (χ3v) is 4.67. The van der Waals surface area contributed by atoms with Gasteiger partial charge in [0, 0.05) is 13.6 Å². The second-order valence-electron chi connectivity index (χ2n) is 6.71. The maximum Gasteiger partial charge on any atom is 0.411 e. The van der Waals surface area contributed by atoms with Gasteiger partial charge in [0.05, 0.1) is 24.9 Å². The molecule has 0 aliphatic carbocycles. The summed E-state index contributed by atoms with van der Waals surface area (Å²) in [5.74, 6) is 0.726. The Morgan fingerprint density at radius 2 is 1.93 bits per heavy atom. The van der Waals surface area contributed by atoms with Crippen LogP contribution in [0.1, 0.15) is 30.4 Å². The van der Waals surface area contributed by atoms with Crippen molar-refractivity contribution in [2.45, 2.75) is 56.8 Å². The smallest absolute Gasteiger partial charge is 0.373 e. The summed E-state index contributed by atoms with van der Waals surface area (Å²) in [5, 5.41) is 6.67. The van der Waals surface area contributed by atoms with Crippen molar-refractivity contribution in [3.8, 4) is 0 Å². The average molecular weight is 499 g/mol. The molecule has 2 saturated heterocycles. The van der Waals surface area contributed by atoms with E-state index in [-0.39, 0.29) is 36.7 Å². The average Bonchev–Trinajstić information content (AvgIpc) is 3.21. The monoisotopic (exact) mass is 499 g/mol. The number of benzene rings is 1. The van der Waals surface area contributed by atoms with Crippen LogP contribution in [0.4, 0.5) is 13.2 Å². The van der Waals surface area contributed by atoms with Crippen LogP contribution in [0.3, 0.4) is 0 Å². The Labute approximate surface area is 174 Å². The van der Waals surface area contributed by atoms with Gasteiger partial charge in [0.2, 0.25) is 0 Å². The number of fused-ring (bicyclic) bond motifs is 2. The summed E-state index contributed by atoms with van der Waals surface area (Å²) in [5.41, 5.74) is 1.72. The molecule has 9 heteroatoms. The van der Waals surface area contributed by atoms with Gasteiger partial charge < -0.3 is 20.1 Å². The van der Waals surface area contributed by atoms with Crippen LogP contribution in [0, 0.1) is 0 Å². The van der Waals surface area contributed by atoms with E-state index >= 15 is 0 Å². The highest BCUT2D eigenvalue weighted by molar-refractivity contribution is 14.0. The van der Waals surface area contributed by atoms with Gasteiger partial charge in [-0.15, -0.1) is 24.0 Å². The Kier molecular flexibility index (Phi) is 8.17. The molecule has 1 aromatic rings. The zero-order valence-corrected chi connectivity index (χ0v) is 17.4.